The van der Waals surface area contributed by atoms with E-state index >= 15 is 0 Å². The number of hydrogen-bond donors (Lipinski definition) is 0. The second kappa shape index (κ2) is 6.67. The van der Waals surface area contributed by atoms with E-state index in [4.69, 9.17) is 9.47 Å². The zero-order valence-corrected chi connectivity index (χ0v) is 15.7. The number of benzene rings is 2. The van der Waals surface area contributed by atoms with Crippen LogP contribution in [0.2, 0.25) is 0 Å². The summed E-state index contributed by atoms with van der Waals surface area (Å²) in [5.74, 6) is -0.411. The molecule has 1 unspecified atom stereocenters. The van der Waals surface area contributed by atoms with Crippen LogP contribution in [0.25, 0.3) is 0 Å². The van der Waals surface area contributed by atoms with Crippen LogP contribution in [-0.4, -0.2) is 42.5 Å². The highest BCUT2D eigenvalue weighted by Gasteiger charge is 2.60. The predicted octanol–water partition coefficient (Wildman–Crippen LogP) is 2.35. The highest BCUT2D eigenvalue weighted by molar-refractivity contribution is 6.15. The maximum absolute atomic E-state index is 13.2. The van der Waals surface area contributed by atoms with Gasteiger partial charge in [-0.15, -0.1) is 0 Å². The summed E-state index contributed by atoms with van der Waals surface area (Å²) in [6, 6.07) is 14.0. The summed E-state index contributed by atoms with van der Waals surface area (Å²) in [5, 5.41) is 0. The number of rotatable bonds is 4. The summed E-state index contributed by atoms with van der Waals surface area (Å²) in [6.07, 6.45) is 0.368. The fraction of sp³-hybridized carbons (Fsp3) is 0.286. The van der Waals surface area contributed by atoms with Gasteiger partial charge in [-0.05, 0) is 29.8 Å². The zero-order chi connectivity index (χ0) is 19.9. The van der Waals surface area contributed by atoms with Crippen molar-refractivity contribution in [2.24, 2.45) is 0 Å². The molecule has 0 spiro atoms. The summed E-state index contributed by atoms with van der Waals surface area (Å²) in [4.78, 5) is 41.5. The molecule has 0 bridgehead atoms. The van der Waals surface area contributed by atoms with Crippen molar-refractivity contribution in [1.29, 1.82) is 0 Å². The van der Waals surface area contributed by atoms with Crippen LogP contribution < -0.4 is 9.64 Å². The van der Waals surface area contributed by atoms with E-state index < -0.39 is 11.6 Å². The van der Waals surface area contributed by atoms with Gasteiger partial charge in [-0.1, -0.05) is 24.3 Å². The fourth-order valence-corrected chi connectivity index (χ4v) is 3.88. The van der Waals surface area contributed by atoms with Crippen LogP contribution in [0.4, 0.5) is 5.69 Å². The number of hydrogen-bond acceptors (Lipinski definition) is 5. The van der Waals surface area contributed by atoms with Gasteiger partial charge in [0, 0.05) is 19.9 Å². The maximum Gasteiger partial charge on any atom is 0.354 e. The molecule has 0 aliphatic carbocycles. The molecule has 7 nitrogen and oxygen atoms in total. The van der Waals surface area contributed by atoms with Crippen molar-refractivity contribution in [3.05, 3.63) is 59.7 Å². The molecular formula is C21H20N2O5. The summed E-state index contributed by atoms with van der Waals surface area (Å²) in [7, 11) is 3.12. The molecule has 144 valence electrons. The average Bonchev–Trinajstić information content (AvgIpc) is 3.09. The minimum Gasteiger partial charge on any atom is -0.497 e. The lowest BCUT2D eigenvalue weighted by Gasteiger charge is -2.46. The molecule has 2 aliphatic rings. The first-order valence-corrected chi connectivity index (χ1v) is 8.99. The van der Waals surface area contributed by atoms with Crippen molar-refractivity contribution < 1.29 is 23.9 Å². The SMILES string of the molecule is COc1ccc(COC(=O)C23CCC(=O)N2c2ccccc2C(=O)N3C)cc1. The fourth-order valence-electron chi connectivity index (χ4n) is 3.88. The number of amides is 2. The predicted molar refractivity (Wildman–Crippen MR) is 101 cm³/mol. The number of anilines is 1. The molecule has 2 heterocycles. The highest BCUT2D eigenvalue weighted by atomic mass is 16.5. The number of fused-ring (bicyclic) bond motifs is 3. The Balaban J connectivity index is 1.65. The molecule has 7 heteroatoms. The van der Waals surface area contributed by atoms with E-state index in [-0.39, 0.29) is 31.3 Å². The van der Waals surface area contributed by atoms with Gasteiger partial charge in [0.2, 0.25) is 11.6 Å². The number of methoxy groups -OCH3 is 1. The number of carbonyl (C=O) groups excluding carboxylic acids is 3. The van der Waals surface area contributed by atoms with Gasteiger partial charge in [0.05, 0.1) is 18.4 Å². The van der Waals surface area contributed by atoms with Gasteiger partial charge >= 0.3 is 5.97 Å². The van der Waals surface area contributed by atoms with Crippen LogP contribution in [0.15, 0.2) is 48.5 Å². The Hall–Kier alpha value is -3.35. The van der Waals surface area contributed by atoms with Gasteiger partial charge in [-0.3, -0.25) is 14.5 Å². The van der Waals surface area contributed by atoms with Crippen LogP contribution >= 0.6 is 0 Å². The van der Waals surface area contributed by atoms with E-state index in [0.717, 1.165) is 5.56 Å². The third-order valence-corrected chi connectivity index (χ3v) is 5.40. The van der Waals surface area contributed by atoms with Gasteiger partial charge in [0.25, 0.3) is 5.91 Å². The molecule has 0 aromatic heterocycles. The lowest BCUT2D eigenvalue weighted by molar-refractivity contribution is -0.157. The molecular weight excluding hydrogens is 360 g/mol. The lowest BCUT2D eigenvalue weighted by Crippen LogP contribution is -2.67. The summed E-state index contributed by atoms with van der Waals surface area (Å²) in [6.45, 7) is 0.0380. The Morgan fingerprint density at radius 1 is 1.11 bits per heavy atom. The smallest absolute Gasteiger partial charge is 0.354 e. The number of nitrogens with zero attached hydrogens (tertiary/aromatic N) is 2. The number of esters is 1. The first-order valence-electron chi connectivity index (χ1n) is 8.99. The Morgan fingerprint density at radius 2 is 1.82 bits per heavy atom. The van der Waals surface area contributed by atoms with Gasteiger partial charge in [-0.25, -0.2) is 4.79 Å². The summed E-state index contributed by atoms with van der Waals surface area (Å²) >= 11 is 0. The van der Waals surface area contributed by atoms with Crippen molar-refractivity contribution in [2.45, 2.75) is 25.1 Å². The van der Waals surface area contributed by atoms with Crippen molar-refractivity contribution in [1.82, 2.24) is 4.90 Å². The number of para-hydroxylation sites is 1. The molecule has 2 aromatic carbocycles. The molecule has 0 N–H and O–H groups in total. The molecule has 0 saturated carbocycles. The van der Waals surface area contributed by atoms with Crippen LogP contribution in [-0.2, 0) is 20.9 Å². The zero-order valence-electron chi connectivity index (χ0n) is 15.7. The number of ether oxygens (including phenoxy) is 2. The van der Waals surface area contributed by atoms with Crippen molar-refractivity contribution in [3.8, 4) is 5.75 Å². The Morgan fingerprint density at radius 3 is 2.54 bits per heavy atom. The first-order chi connectivity index (χ1) is 13.5. The van der Waals surface area contributed by atoms with Gasteiger partial charge in [0.1, 0.15) is 12.4 Å². The second-order valence-corrected chi connectivity index (χ2v) is 6.85. The minimum atomic E-state index is -1.45. The lowest BCUT2D eigenvalue weighted by atomic mass is 9.97. The van der Waals surface area contributed by atoms with E-state index in [2.05, 4.69) is 0 Å². The largest absolute Gasteiger partial charge is 0.497 e. The van der Waals surface area contributed by atoms with Gasteiger partial charge in [-0.2, -0.15) is 0 Å². The third kappa shape index (κ3) is 2.54. The average molecular weight is 380 g/mol. The maximum atomic E-state index is 13.2. The molecule has 2 amide bonds. The minimum absolute atomic E-state index is 0.0380. The van der Waals surface area contributed by atoms with E-state index in [1.54, 1.807) is 62.7 Å². The van der Waals surface area contributed by atoms with Crippen molar-refractivity contribution in [2.75, 3.05) is 19.1 Å². The molecule has 4 rings (SSSR count). The molecule has 2 aliphatic heterocycles. The molecule has 28 heavy (non-hydrogen) atoms. The Kier molecular flexibility index (Phi) is 4.30. The van der Waals surface area contributed by atoms with Crippen LogP contribution in [0.5, 0.6) is 5.75 Å². The summed E-state index contributed by atoms with van der Waals surface area (Å²) < 4.78 is 10.7. The van der Waals surface area contributed by atoms with E-state index in [1.807, 2.05) is 0 Å². The topological polar surface area (TPSA) is 76.1 Å². The van der Waals surface area contributed by atoms with Gasteiger partial charge < -0.3 is 14.4 Å². The molecule has 2 aromatic rings. The quantitative estimate of drug-likeness (QED) is 0.761. The normalized spacial score (nSPS) is 20.6. The highest BCUT2D eigenvalue weighted by Crippen LogP contribution is 2.44. The molecule has 0 radical (unpaired) electrons. The number of carbonyl (C=O) groups is 3. The van der Waals surface area contributed by atoms with E-state index in [9.17, 15) is 14.4 Å². The third-order valence-electron chi connectivity index (χ3n) is 5.40. The molecule has 1 fully saturated rings. The molecule has 1 saturated heterocycles. The van der Waals surface area contributed by atoms with E-state index in [0.29, 0.717) is 17.0 Å². The van der Waals surface area contributed by atoms with Gasteiger partial charge in [0.15, 0.2) is 0 Å². The summed E-state index contributed by atoms with van der Waals surface area (Å²) in [5.41, 5.74) is 0.189. The van der Waals surface area contributed by atoms with Crippen LogP contribution in [0, 0.1) is 0 Å². The van der Waals surface area contributed by atoms with Crippen LogP contribution in [0.3, 0.4) is 0 Å². The van der Waals surface area contributed by atoms with Crippen LogP contribution in [0.1, 0.15) is 28.8 Å². The second-order valence-electron chi connectivity index (χ2n) is 6.85. The first kappa shape index (κ1) is 18.0. The monoisotopic (exact) mass is 380 g/mol. The molecule has 1 atom stereocenters. The van der Waals surface area contributed by atoms with Crippen molar-refractivity contribution >= 4 is 23.5 Å². The van der Waals surface area contributed by atoms with Crippen molar-refractivity contribution in [3.63, 3.8) is 0 Å². The number of likely N-dealkylation sites (N-methyl/N-ethyl adjacent to an activating group) is 1. The standard InChI is InChI=1S/C21H20N2O5/c1-22-19(25)16-5-3-4-6-17(16)23-18(24)11-12-21(22,23)20(26)28-13-14-7-9-15(27-2)10-8-14/h3-10H,11-13H2,1-2H3. The van der Waals surface area contributed by atoms with E-state index in [1.165, 1.54) is 9.80 Å². The Bertz CT molecular complexity index is 956. The Labute approximate surface area is 162 Å².